The van der Waals surface area contributed by atoms with E-state index in [0.29, 0.717) is 49.1 Å². The van der Waals surface area contributed by atoms with E-state index >= 15 is 0 Å². The van der Waals surface area contributed by atoms with Gasteiger partial charge in [0.1, 0.15) is 5.82 Å². The summed E-state index contributed by atoms with van der Waals surface area (Å²) in [6.45, 7) is 4.52. The average Bonchev–Trinajstić information content (AvgIpc) is 2.70. The first kappa shape index (κ1) is 21.6. The molecule has 8 heteroatoms. The largest absolute Gasteiger partial charge is 0.339 e. The van der Waals surface area contributed by atoms with E-state index < -0.39 is 0 Å². The third kappa shape index (κ3) is 6.19. The number of hydrogen-bond donors (Lipinski definition) is 1. The Bertz CT molecular complexity index is 850. The van der Waals surface area contributed by atoms with Gasteiger partial charge in [-0.25, -0.2) is 4.39 Å². The molecule has 0 bridgehead atoms. The van der Waals surface area contributed by atoms with E-state index in [0.717, 1.165) is 10.6 Å². The molecule has 2 aromatic carbocycles. The average molecular weight is 436 g/mol. The molecular formula is C21H23ClFN3O2S. The van der Waals surface area contributed by atoms with E-state index in [9.17, 15) is 14.0 Å². The van der Waals surface area contributed by atoms with Crippen molar-refractivity contribution in [3.63, 3.8) is 0 Å². The maximum Gasteiger partial charge on any atom is 0.233 e. The van der Waals surface area contributed by atoms with Crippen LogP contribution in [0.25, 0.3) is 0 Å². The van der Waals surface area contributed by atoms with Crippen LogP contribution in [0.4, 0.5) is 10.1 Å². The van der Waals surface area contributed by atoms with Crippen LogP contribution in [-0.4, -0.2) is 53.5 Å². The number of piperazine rings is 1. The van der Waals surface area contributed by atoms with Crippen LogP contribution in [0.15, 0.2) is 47.4 Å². The number of hydrogen-bond acceptors (Lipinski definition) is 4. The normalized spacial score (nSPS) is 14.7. The molecule has 3 rings (SSSR count). The van der Waals surface area contributed by atoms with Crippen LogP contribution in [0.1, 0.15) is 12.5 Å². The third-order valence-corrected chi connectivity index (χ3v) is 6.06. The molecule has 154 valence electrons. The summed E-state index contributed by atoms with van der Waals surface area (Å²) in [7, 11) is 0. The second kappa shape index (κ2) is 10.1. The number of rotatable bonds is 6. The predicted octanol–water partition coefficient (Wildman–Crippen LogP) is 3.87. The lowest BCUT2D eigenvalue weighted by Crippen LogP contribution is -2.48. The van der Waals surface area contributed by atoms with Gasteiger partial charge in [-0.15, -0.1) is 11.8 Å². The minimum absolute atomic E-state index is 0.0875. The van der Waals surface area contributed by atoms with E-state index in [4.69, 9.17) is 11.6 Å². The molecule has 2 amide bonds. The topological polar surface area (TPSA) is 52.7 Å². The number of nitrogens with one attached hydrogen (secondary N) is 1. The minimum Gasteiger partial charge on any atom is -0.339 e. The van der Waals surface area contributed by atoms with Crippen molar-refractivity contribution in [2.75, 3.05) is 37.2 Å². The standard InChI is InChI=1S/C21H23ClFN3O2S/c1-15(27)24-16-5-7-17(8-6-16)29-14-21(28)26-11-9-25(10-12-26)13-18-19(22)3-2-4-20(18)23/h2-8H,9-14H2,1H3,(H,24,27). The highest BCUT2D eigenvalue weighted by Gasteiger charge is 2.22. The number of amides is 2. The Morgan fingerprint density at radius 2 is 1.79 bits per heavy atom. The van der Waals surface area contributed by atoms with Gasteiger partial charge in [-0.3, -0.25) is 14.5 Å². The fourth-order valence-electron chi connectivity index (χ4n) is 3.14. The van der Waals surface area contributed by atoms with Crippen LogP contribution in [0.5, 0.6) is 0 Å². The van der Waals surface area contributed by atoms with Gasteiger partial charge in [0, 0.05) is 60.8 Å². The molecule has 0 unspecified atom stereocenters. The maximum atomic E-state index is 14.0. The fourth-order valence-corrected chi connectivity index (χ4v) is 4.16. The molecule has 0 aliphatic carbocycles. The molecule has 5 nitrogen and oxygen atoms in total. The molecule has 0 saturated carbocycles. The zero-order valence-electron chi connectivity index (χ0n) is 16.2. The van der Waals surface area contributed by atoms with Crippen molar-refractivity contribution in [2.24, 2.45) is 0 Å². The lowest BCUT2D eigenvalue weighted by Gasteiger charge is -2.35. The van der Waals surface area contributed by atoms with E-state index in [-0.39, 0.29) is 17.6 Å². The molecule has 0 spiro atoms. The van der Waals surface area contributed by atoms with Crippen molar-refractivity contribution in [1.29, 1.82) is 0 Å². The second-order valence-corrected chi connectivity index (χ2v) is 8.31. The van der Waals surface area contributed by atoms with Crippen LogP contribution >= 0.6 is 23.4 Å². The highest BCUT2D eigenvalue weighted by Crippen LogP contribution is 2.23. The Morgan fingerprint density at radius 3 is 2.41 bits per heavy atom. The van der Waals surface area contributed by atoms with Gasteiger partial charge in [0.05, 0.1) is 5.75 Å². The van der Waals surface area contributed by atoms with E-state index in [2.05, 4.69) is 10.2 Å². The van der Waals surface area contributed by atoms with Crippen molar-refractivity contribution in [3.05, 3.63) is 58.9 Å². The summed E-state index contributed by atoms with van der Waals surface area (Å²) in [6, 6.07) is 12.1. The number of carbonyl (C=O) groups excluding carboxylic acids is 2. The minimum atomic E-state index is -0.295. The molecule has 1 aliphatic heterocycles. The molecule has 0 aromatic heterocycles. The third-order valence-electron chi connectivity index (χ3n) is 4.71. The Hall–Kier alpha value is -2.09. The van der Waals surface area contributed by atoms with E-state index in [1.807, 2.05) is 29.2 Å². The Morgan fingerprint density at radius 1 is 1.10 bits per heavy atom. The van der Waals surface area contributed by atoms with Crippen LogP contribution in [0, 0.1) is 5.82 Å². The maximum absolute atomic E-state index is 14.0. The summed E-state index contributed by atoms with van der Waals surface area (Å²) in [5.41, 5.74) is 1.24. The van der Waals surface area contributed by atoms with Gasteiger partial charge < -0.3 is 10.2 Å². The van der Waals surface area contributed by atoms with Crippen LogP contribution in [-0.2, 0) is 16.1 Å². The SMILES string of the molecule is CC(=O)Nc1ccc(SCC(=O)N2CCN(Cc3c(F)cccc3Cl)CC2)cc1. The molecule has 29 heavy (non-hydrogen) atoms. The number of nitrogens with zero attached hydrogens (tertiary/aromatic N) is 2. The zero-order valence-corrected chi connectivity index (χ0v) is 17.7. The number of anilines is 1. The lowest BCUT2D eigenvalue weighted by atomic mass is 10.2. The van der Waals surface area contributed by atoms with Gasteiger partial charge in [-0.1, -0.05) is 17.7 Å². The first-order valence-electron chi connectivity index (χ1n) is 9.36. The first-order valence-corrected chi connectivity index (χ1v) is 10.7. The summed E-state index contributed by atoms with van der Waals surface area (Å²) in [5.74, 6) is 0.0389. The Balaban J connectivity index is 1.44. The molecule has 0 radical (unpaired) electrons. The van der Waals surface area contributed by atoms with Crippen LogP contribution in [0.2, 0.25) is 5.02 Å². The first-order chi connectivity index (χ1) is 13.9. The van der Waals surface area contributed by atoms with Crippen molar-refractivity contribution in [1.82, 2.24) is 9.80 Å². The van der Waals surface area contributed by atoms with Gasteiger partial charge in [0.2, 0.25) is 11.8 Å². The number of thioether (sulfide) groups is 1. The summed E-state index contributed by atoms with van der Waals surface area (Å²) in [6.07, 6.45) is 0. The summed E-state index contributed by atoms with van der Waals surface area (Å²) >= 11 is 7.58. The molecule has 1 heterocycles. The molecular weight excluding hydrogens is 413 g/mol. The van der Waals surface area contributed by atoms with Crippen LogP contribution < -0.4 is 5.32 Å². The second-order valence-electron chi connectivity index (χ2n) is 6.85. The summed E-state index contributed by atoms with van der Waals surface area (Å²) in [5, 5.41) is 3.15. The van der Waals surface area contributed by atoms with E-state index in [1.54, 1.807) is 12.1 Å². The monoisotopic (exact) mass is 435 g/mol. The summed E-state index contributed by atoms with van der Waals surface area (Å²) < 4.78 is 14.0. The van der Waals surface area contributed by atoms with Gasteiger partial charge in [0.15, 0.2) is 0 Å². The number of halogens is 2. The van der Waals surface area contributed by atoms with Crippen LogP contribution in [0.3, 0.4) is 0 Å². The molecule has 1 fully saturated rings. The number of benzene rings is 2. The van der Waals surface area contributed by atoms with E-state index in [1.165, 1.54) is 24.8 Å². The van der Waals surface area contributed by atoms with Crippen molar-refractivity contribution in [2.45, 2.75) is 18.4 Å². The summed E-state index contributed by atoms with van der Waals surface area (Å²) in [4.78, 5) is 28.5. The Labute approximate surface area is 179 Å². The Kier molecular flexibility index (Phi) is 7.52. The quantitative estimate of drug-likeness (QED) is 0.700. The lowest BCUT2D eigenvalue weighted by molar-refractivity contribution is -0.130. The van der Waals surface area contributed by atoms with Crippen molar-refractivity contribution < 1.29 is 14.0 Å². The predicted molar refractivity (Wildman–Crippen MR) is 115 cm³/mol. The van der Waals surface area contributed by atoms with Gasteiger partial charge in [0.25, 0.3) is 0 Å². The highest BCUT2D eigenvalue weighted by molar-refractivity contribution is 8.00. The number of carbonyl (C=O) groups is 2. The fraction of sp³-hybridized carbons (Fsp3) is 0.333. The van der Waals surface area contributed by atoms with Crippen molar-refractivity contribution in [3.8, 4) is 0 Å². The van der Waals surface area contributed by atoms with Gasteiger partial charge >= 0.3 is 0 Å². The molecule has 2 aromatic rings. The molecule has 1 saturated heterocycles. The van der Waals surface area contributed by atoms with Gasteiger partial charge in [-0.05, 0) is 36.4 Å². The zero-order chi connectivity index (χ0) is 20.8. The smallest absolute Gasteiger partial charge is 0.233 e. The molecule has 1 aliphatic rings. The van der Waals surface area contributed by atoms with Gasteiger partial charge in [-0.2, -0.15) is 0 Å². The molecule has 0 atom stereocenters. The molecule has 1 N–H and O–H groups in total. The van der Waals surface area contributed by atoms with Crippen molar-refractivity contribution >= 4 is 40.9 Å². The highest BCUT2D eigenvalue weighted by atomic mass is 35.5.